The third-order valence-electron chi connectivity index (χ3n) is 2.96. The van der Waals surface area contributed by atoms with Gasteiger partial charge in [-0.1, -0.05) is 0 Å². The van der Waals surface area contributed by atoms with E-state index in [2.05, 4.69) is 10.4 Å². The predicted octanol–water partition coefficient (Wildman–Crippen LogP) is 3.37. The Morgan fingerprint density at radius 1 is 1.37 bits per heavy atom. The molecule has 4 nitrogen and oxygen atoms in total. The highest BCUT2D eigenvalue weighted by Gasteiger charge is 2.11. The monoisotopic (exact) mass is 271 g/mol. The molecule has 1 aromatic carbocycles. The number of fused-ring (bicyclic) bond motifs is 1. The Bertz CT molecular complexity index is 729. The van der Waals surface area contributed by atoms with Gasteiger partial charge in [0.25, 0.3) is 5.91 Å². The van der Waals surface area contributed by atoms with Crippen molar-refractivity contribution in [2.24, 2.45) is 0 Å². The van der Waals surface area contributed by atoms with Gasteiger partial charge in [-0.2, -0.15) is 5.10 Å². The average Bonchev–Trinajstić information content (AvgIpc) is 3.06. The normalized spacial score (nSPS) is 10.8. The number of thiophene rings is 1. The Labute approximate surface area is 114 Å². The van der Waals surface area contributed by atoms with E-state index in [-0.39, 0.29) is 5.91 Å². The molecule has 2 aromatic heterocycles. The largest absolute Gasteiger partial charge is 0.321 e. The molecule has 0 aliphatic rings. The van der Waals surface area contributed by atoms with E-state index in [1.54, 1.807) is 28.3 Å². The van der Waals surface area contributed by atoms with Gasteiger partial charge >= 0.3 is 0 Å². The molecule has 19 heavy (non-hydrogen) atoms. The van der Waals surface area contributed by atoms with Crippen molar-refractivity contribution >= 4 is 33.0 Å². The molecule has 0 aliphatic heterocycles. The van der Waals surface area contributed by atoms with E-state index >= 15 is 0 Å². The SMILES string of the molecule is CCn1nccc1C(=O)Nc1ccc2sccc2c1. The molecule has 3 aromatic rings. The molecule has 2 heterocycles. The summed E-state index contributed by atoms with van der Waals surface area (Å²) in [5.74, 6) is -0.131. The fourth-order valence-corrected chi connectivity index (χ4v) is 2.79. The molecule has 0 saturated carbocycles. The van der Waals surface area contributed by atoms with Gasteiger partial charge in [-0.05, 0) is 48.0 Å². The third kappa shape index (κ3) is 2.24. The van der Waals surface area contributed by atoms with E-state index in [1.807, 2.05) is 36.6 Å². The average molecular weight is 271 g/mol. The zero-order valence-corrected chi connectivity index (χ0v) is 11.3. The van der Waals surface area contributed by atoms with Gasteiger partial charge in [0.2, 0.25) is 0 Å². The van der Waals surface area contributed by atoms with Crippen LogP contribution in [-0.4, -0.2) is 15.7 Å². The third-order valence-corrected chi connectivity index (χ3v) is 3.86. The maximum Gasteiger partial charge on any atom is 0.273 e. The number of nitrogens with zero attached hydrogens (tertiary/aromatic N) is 2. The Morgan fingerprint density at radius 3 is 3.11 bits per heavy atom. The summed E-state index contributed by atoms with van der Waals surface area (Å²) in [6.07, 6.45) is 1.64. The van der Waals surface area contributed by atoms with Crippen LogP contribution < -0.4 is 5.32 Å². The van der Waals surface area contributed by atoms with Crippen LogP contribution >= 0.6 is 11.3 Å². The van der Waals surface area contributed by atoms with Gasteiger partial charge < -0.3 is 5.32 Å². The van der Waals surface area contributed by atoms with E-state index in [9.17, 15) is 4.79 Å². The molecule has 1 N–H and O–H groups in total. The lowest BCUT2D eigenvalue weighted by molar-refractivity contribution is 0.101. The van der Waals surface area contributed by atoms with Gasteiger partial charge in [0.15, 0.2) is 0 Å². The maximum atomic E-state index is 12.2. The second-order valence-corrected chi connectivity index (χ2v) is 5.11. The molecule has 0 radical (unpaired) electrons. The minimum absolute atomic E-state index is 0.131. The number of aryl methyl sites for hydroxylation is 1. The summed E-state index contributed by atoms with van der Waals surface area (Å²) in [5.41, 5.74) is 1.38. The summed E-state index contributed by atoms with van der Waals surface area (Å²) >= 11 is 1.69. The van der Waals surface area contributed by atoms with Crippen LogP contribution in [0.25, 0.3) is 10.1 Å². The van der Waals surface area contributed by atoms with Crippen LogP contribution in [0.4, 0.5) is 5.69 Å². The zero-order chi connectivity index (χ0) is 13.2. The van der Waals surface area contributed by atoms with Gasteiger partial charge in [0.05, 0.1) is 0 Å². The van der Waals surface area contributed by atoms with Gasteiger partial charge in [-0.15, -0.1) is 11.3 Å². The van der Waals surface area contributed by atoms with E-state index in [0.29, 0.717) is 12.2 Å². The fourth-order valence-electron chi connectivity index (χ4n) is 2.02. The van der Waals surface area contributed by atoms with Gasteiger partial charge in [-0.25, -0.2) is 0 Å². The van der Waals surface area contributed by atoms with Gasteiger partial charge in [0, 0.05) is 23.1 Å². The number of amides is 1. The minimum Gasteiger partial charge on any atom is -0.321 e. The van der Waals surface area contributed by atoms with E-state index < -0.39 is 0 Å². The smallest absolute Gasteiger partial charge is 0.273 e. The highest BCUT2D eigenvalue weighted by molar-refractivity contribution is 7.17. The van der Waals surface area contributed by atoms with E-state index in [1.165, 1.54) is 4.70 Å². The molecule has 0 fully saturated rings. The minimum atomic E-state index is -0.131. The van der Waals surface area contributed by atoms with Crippen molar-refractivity contribution in [1.29, 1.82) is 0 Å². The lowest BCUT2D eigenvalue weighted by Crippen LogP contribution is -2.17. The molecule has 5 heteroatoms. The first-order chi connectivity index (χ1) is 9.28. The van der Waals surface area contributed by atoms with E-state index in [0.717, 1.165) is 11.1 Å². The number of aromatic nitrogens is 2. The second kappa shape index (κ2) is 4.85. The number of carbonyl (C=O) groups is 1. The summed E-state index contributed by atoms with van der Waals surface area (Å²) in [6, 6.07) is 9.69. The molecule has 0 spiro atoms. The molecule has 3 rings (SSSR count). The van der Waals surface area contributed by atoms with Crippen LogP contribution in [0.15, 0.2) is 41.9 Å². The van der Waals surface area contributed by atoms with E-state index in [4.69, 9.17) is 0 Å². The van der Waals surface area contributed by atoms with Crippen molar-refractivity contribution in [1.82, 2.24) is 9.78 Å². The molecule has 0 bridgehead atoms. The molecule has 1 amide bonds. The standard InChI is InChI=1S/C14H13N3OS/c1-2-17-12(5-7-15-17)14(18)16-11-3-4-13-10(9-11)6-8-19-13/h3-9H,2H2,1H3,(H,16,18). The van der Waals surface area contributed by atoms with Crippen LogP contribution in [0.3, 0.4) is 0 Å². The number of hydrogen-bond donors (Lipinski definition) is 1. The first kappa shape index (κ1) is 11.9. The molecule has 0 saturated heterocycles. The zero-order valence-electron chi connectivity index (χ0n) is 10.5. The summed E-state index contributed by atoms with van der Waals surface area (Å²) in [7, 11) is 0. The van der Waals surface area contributed by atoms with Crippen molar-refractivity contribution in [3.8, 4) is 0 Å². The Morgan fingerprint density at radius 2 is 2.26 bits per heavy atom. The first-order valence-electron chi connectivity index (χ1n) is 6.08. The lowest BCUT2D eigenvalue weighted by atomic mass is 10.2. The number of rotatable bonds is 3. The summed E-state index contributed by atoms with van der Waals surface area (Å²) < 4.78 is 2.90. The van der Waals surface area contributed by atoms with Crippen LogP contribution in [-0.2, 0) is 6.54 Å². The van der Waals surface area contributed by atoms with Crippen molar-refractivity contribution in [3.05, 3.63) is 47.6 Å². The summed E-state index contributed by atoms with van der Waals surface area (Å²) in [4.78, 5) is 12.2. The Hall–Kier alpha value is -2.14. The topological polar surface area (TPSA) is 46.9 Å². The Balaban J connectivity index is 1.86. The molecule has 96 valence electrons. The number of hydrogen-bond acceptors (Lipinski definition) is 3. The number of carbonyl (C=O) groups excluding carboxylic acids is 1. The fraction of sp³-hybridized carbons (Fsp3) is 0.143. The van der Waals surface area contributed by atoms with Crippen LogP contribution in [0.2, 0.25) is 0 Å². The van der Waals surface area contributed by atoms with Gasteiger partial charge in [-0.3, -0.25) is 9.48 Å². The van der Waals surface area contributed by atoms with Crippen molar-refractivity contribution in [2.75, 3.05) is 5.32 Å². The number of nitrogens with one attached hydrogen (secondary N) is 1. The first-order valence-corrected chi connectivity index (χ1v) is 6.96. The number of anilines is 1. The summed E-state index contributed by atoms with van der Waals surface area (Å²) in [5, 5.41) is 10.2. The van der Waals surface area contributed by atoms with Crippen LogP contribution in [0.1, 0.15) is 17.4 Å². The summed E-state index contributed by atoms with van der Waals surface area (Å²) in [6.45, 7) is 2.64. The second-order valence-electron chi connectivity index (χ2n) is 4.16. The predicted molar refractivity (Wildman–Crippen MR) is 77.7 cm³/mol. The quantitative estimate of drug-likeness (QED) is 0.794. The molecule has 0 unspecified atom stereocenters. The van der Waals surface area contributed by atoms with Crippen LogP contribution in [0.5, 0.6) is 0 Å². The lowest BCUT2D eigenvalue weighted by Gasteiger charge is -2.06. The molecule has 0 atom stereocenters. The number of benzene rings is 1. The van der Waals surface area contributed by atoms with Gasteiger partial charge in [0.1, 0.15) is 5.69 Å². The van der Waals surface area contributed by atoms with Crippen molar-refractivity contribution < 1.29 is 4.79 Å². The highest BCUT2D eigenvalue weighted by atomic mass is 32.1. The molecule has 0 aliphatic carbocycles. The highest BCUT2D eigenvalue weighted by Crippen LogP contribution is 2.24. The molecular formula is C14H13N3OS. The van der Waals surface area contributed by atoms with Crippen molar-refractivity contribution in [2.45, 2.75) is 13.5 Å². The Kier molecular flexibility index (Phi) is 3.05. The maximum absolute atomic E-state index is 12.2. The molecular weight excluding hydrogens is 258 g/mol. The van der Waals surface area contributed by atoms with Crippen molar-refractivity contribution in [3.63, 3.8) is 0 Å². The van der Waals surface area contributed by atoms with Crippen LogP contribution in [0, 0.1) is 0 Å².